The molecule has 3 rings (SSSR count). The van der Waals surface area contributed by atoms with Crippen LogP contribution >= 0.6 is 7.14 Å². The van der Waals surface area contributed by atoms with Gasteiger partial charge in [-0.1, -0.05) is 60.7 Å². The van der Waals surface area contributed by atoms with Crippen molar-refractivity contribution in [1.82, 2.24) is 0 Å². The molecule has 3 aromatic rings. The molecule has 0 aliphatic rings. The molecule has 2 aromatic carbocycles. The molecule has 1 heterocycles. The zero-order valence-electron chi connectivity index (χ0n) is 13.6. The van der Waals surface area contributed by atoms with E-state index in [9.17, 15) is 9.67 Å². The first-order valence-corrected chi connectivity index (χ1v) is 9.82. The minimum atomic E-state index is -3.23. The Hall–Kier alpha value is -2.22. The average molecular weight is 338 g/mol. The normalized spacial score (nSPS) is 12.8. The SMILES string of the molecule is CC[n+]1cccc([C@H](O)P(=O)(c2ccccc2)c2ccccc2)c1. The summed E-state index contributed by atoms with van der Waals surface area (Å²) < 4.78 is 16.0. The Labute approximate surface area is 142 Å². The van der Waals surface area contributed by atoms with Crippen molar-refractivity contribution in [1.29, 1.82) is 0 Å². The molecule has 0 spiro atoms. The first-order valence-electron chi connectivity index (χ1n) is 8.04. The number of hydrogen-bond donors (Lipinski definition) is 1. The Bertz CT molecular complexity index is 806. The molecule has 4 heteroatoms. The van der Waals surface area contributed by atoms with Gasteiger partial charge in [-0.25, -0.2) is 4.57 Å². The molecule has 0 aliphatic heterocycles. The van der Waals surface area contributed by atoms with E-state index in [0.717, 1.165) is 6.54 Å². The second-order valence-corrected chi connectivity index (χ2v) is 8.51. The standard InChI is InChI=1S/C20H21NO2P/c1-2-21-15-9-10-17(16-21)20(22)24(23,18-11-5-3-6-12-18)19-13-7-4-8-14-19/h3-16,20,22H,2H2,1H3/q+1/t20-/m1/s1. The molecule has 1 aromatic heterocycles. The number of aryl methyl sites for hydroxylation is 1. The van der Waals surface area contributed by atoms with Crippen LogP contribution in [0.4, 0.5) is 0 Å². The summed E-state index contributed by atoms with van der Waals surface area (Å²) in [5, 5.41) is 12.4. The summed E-state index contributed by atoms with van der Waals surface area (Å²) in [6.07, 6.45) is 3.80. The molecule has 3 nitrogen and oxygen atoms in total. The third kappa shape index (κ3) is 3.06. The van der Waals surface area contributed by atoms with Crippen molar-refractivity contribution < 1.29 is 14.2 Å². The van der Waals surface area contributed by atoms with E-state index in [2.05, 4.69) is 0 Å². The van der Waals surface area contributed by atoms with Gasteiger partial charge in [0.2, 0.25) is 0 Å². The lowest BCUT2D eigenvalue weighted by Gasteiger charge is -2.24. The summed E-state index contributed by atoms with van der Waals surface area (Å²) in [6.45, 7) is 2.83. The van der Waals surface area contributed by atoms with Crippen molar-refractivity contribution >= 4 is 17.8 Å². The molecule has 0 saturated heterocycles. The van der Waals surface area contributed by atoms with Crippen LogP contribution in [-0.2, 0) is 11.1 Å². The highest BCUT2D eigenvalue weighted by Crippen LogP contribution is 2.55. The molecule has 24 heavy (non-hydrogen) atoms. The van der Waals surface area contributed by atoms with E-state index in [-0.39, 0.29) is 0 Å². The number of aliphatic hydroxyl groups excluding tert-OH is 1. The topological polar surface area (TPSA) is 41.2 Å². The van der Waals surface area contributed by atoms with E-state index in [1.165, 1.54) is 0 Å². The van der Waals surface area contributed by atoms with Gasteiger partial charge in [-0.15, -0.1) is 0 Å². The Morgan fingerprint density at radius 3 is 1.96 bits per heavy atom. The number of nitrogens with zero attached hydrogens (tertiary/aromatic N) is 1. The molecule has 0 fully saturated rings. The van der Waals surface area contributed by atoms with Crippen molar-refractivity contribution in [2.75, 3.05) is 0 Å². The Morgan fingerprint density at radius 2 is 1.46 bits per heavy atom. The fraction of sp³-hybridized carbons (Fsp3) is 0.150. The van der Waals surface area contributed by atoms with Crippen LogP contribution in [0.5, 0.6) is 0 Å². The molecule has 0 aliphatic carbocycles. The average Bonchev–Trinajstić information content (AvgIpc) is 2.68. The van der Waals surface area contributed by atoms with Crippen molar-refractivity contribution in [2.45, 2.75) is 19.3 Å². The van der Waals surface area contributed by atoms with Gasteiger partial charge < -0.3 is 9.67 Å². The Balaban J connectivity index is 2.17. The molecular weight excluding hydrogens is 317 g/mol. The van der Waals surface area contributed by atoms with Crippen molar-refractivity contribution in [3.8, 4) is 0 Å². The third-order valence-corrected chi connectivity index (χ3v) is 7.29. The minimum absolute atomic E-state index is 0.662. The molecule has 0 bridgehead atoms. The quantitative estimate of drug-likeness (QED) is 0.574. The second-order valence-electron chi connectivity index (χ2n) is 5.67. The molecular formula is C20H21NO2P+. The van der Waals surface area contributed by atoms with Gasteiger partial charge in [0, 0.05) is 16.7 Å². The molecule has 1 atom stereocenters. The van der Waals surface area contributed by atoms with Gasteiger partial charge in [0.1, 0.15) is 12.4 Å². The maximum absolute atomic E-state index is 14.1. The van der Waals surface area contributed by atoms with Gasteiger partial charge in [0.05, 0.1) is 5.56 Å². The summed E-state index contributed by atoms with van der Waals surface area (Å²) in [5.41, 5.74) is 0.662. The smallest absolute Gasteiger partial charge is 0.175 e. The van der Waals surface area contributed by atoms with Gasteiger partial charge in [-0.2, -0.15) is 0 Å². The predicted octanol–water partition coefficient (Wildman–Crippen LogP) is 3.00. The zero-order valence-corrected chi connectivity index (χ0v) is 14.5. The van der Waals surface area contributed by atoms with Crippen LogP contribution in [0.3, 0.4) is 0 Å². The summed E-state index contributed by atoms with van der Waals surface area (Å²) in [5.74, 6) is -1.08. The van der Waals surface area contributed by atoms with Crippen LogP contribution in [0.25, 0.3) is 0 Å². The van der Waals surface area contributed by atoms with Gasteiger partial charge in [0.15, 0.2) is 19.5 Å². The Kier molecular flexibility index (Phi) is 4.94. The zero-order chi connectivity index (χ0) is 17.0. The molecule has 0 unspecified atom stereocenters. The third-order valence-electron chi connectivity index (χ3n) is 4.17. The van der Waals surface area contributed by atoms with Crippen molar-refractivity contribution in [3.63, 3.8) is 0 Å². The van der Waals surface area contributed by atoms with E-state index < -0.39 is 13.0 Å². The summed E-state index contributed by atoms with van der Waals surface area (Å²) >= 11 is 0. The highest BCUT2D eigenvalue weighted by Gasteiger charge is 2.37. The summed E-state index contributed by atoms with van der Waals surface area (Å²) in [6, 6.07) is 22.2. The highest BCUT2D eigenvalue weighted by atomic mass is 31.2. The number of hydrogen-bond acceptors (Lipinski definition) is 2. The van der Waals surface area contributed by atoms with E-state index >= 15 is 0 Å². The lowest BCUT2D eigenvalue weighted by molar-refractivity contribution is -0.694. The molecule has 0 saturated carbocycles. The van der Waals surface area contributed by atoms with E-state index in [4.69, 9.17) is 0 Å². The molecule has 122 valence electrons. The van der Waals surface area contributed by atoms with Gasteiger partial charge >= 0.3 is 0 Å². The van der Waals surface area contributed by atoms with Crippen molar-refractivity contribution in [2.24, 2.45) is 0 Å². The minimum Gasteiger partial charge on any atom is -0.380 e. The van der Waals surface area contributed by atoms with Gasteiger partial charge in [-0.3, -0.25) is 0 Å². The van der Waals surface area contributed by atoms with E-state index in [0.29, 0.717) is 16.2 Å². The van der Waals surface area contributed by atoms with Crippen LogP contribution in [0.1, 0.15) is 18.3 Å². The number of rotatable bonds is 5. The van der Waals surface area contributed by atoms with Crippen LogP contribution in [0.15, 0.2) is 85.2 Å². The van der Waals surface area contributed by atoms with Crippen molar-refractivity contribution in [3.05, 3.63) is 90.8 Å². The maximum Gasteiger partial charge on any atom is 0.175 e. The van der Waals surface area contributed by atoms with E-state index in [1.54, 1.807) is 0 Å². The highest BCUT2D eigenvalue weighted by molar-refractivity contribution is 7.78. The summed E-state index contributed by atoms with van der Waals surface area (Å²) in [7, 11) is -3.23. The van der Waals surface area contributed by atoms with Crippen LogP contribution in [-0.4, -0.2) is 5.11 Å². The first kappa shape index (κ1) is 16.6. The molecule has 0 amide bonds. The van der Waals surface area contributed by atoms with Gasteiger partial charge in [-0.05, 0) is 13.0 Å². The number of aliphatic hydroxyl groups is 1. The predicted molar refractivity (Wildman–Crippen MR) is 97.0 cm³/mol. The summed E-state index contributed by atoms with van der Waals surface area (Å²) in [4.78, 5) is 0. The Morgan fingerprint density at radius 1 is 0.917 bits per heavy atom. The molecule has 0 radical (unpaired) electrons. The fourth-order valence-electron chi connectivity index (χ4n) is 2.83. The van der Waals surface area contributed by atoms with E-state index in [1.807, 2.05) is 96.7 Å². The van der Waals surface area contributed by atoms with Gasteiger partial charge in [0.25, 0.3) is 0 Å². The number of aromatic nitrogens is 1. The molecule has 1 N–H and O–H groups in total. The largest absolute Gasteiger partial charge is 0.380 e. The van der Waals surface area contributed by atoms with Crippen LogP contribution in [0, 0.1) is 0 Å². The first-order chi connectivity index (χ1) is 11.7. The monoisotopic (exact) mass is 338 g/mol. The second kappa shape index (κ2) is 7.12. The number of benzene rings is 2. The maximum atomic E-state index is 14.1. The van der Waals surface area contributed by atoms with Crippen LogP contribution < -0.4 is 15.2 Å². The lowest BCUT2D eigenvalue weighted by Crippen LogP contribution is -2.32. The fourth-order valence-corrected chi connectivity index (χ4v) is 5.50. The number of pyridine rings is 1. The van der Waals surface area contributed by atoms with Crippen LogP contribution in [0.2, 0.25) is 0 Å². The lowest BCUT2D eigenvalue weighted by atomic mass is 10.3.